The number of fused-ring (bicyclic) bond motifs is 1. The van der Waals surface area contributed by atoms with Crippen molar-refractivity contribution >= 4 is 11.7 Å². The van der Waals surface area contributed by atoms with E-state index >= 15 is 0 Å². The summed E-state index contributed by atoms with van der Waals surface area (Å²) in [6, 6.07) is 8.57. The van der Waals surface area contributed by atoms with Crippen molar-refractivity contribution in [3.05, 3.63) is 69.7 Å². The summed E-state index contributed by atoms with van der Waals surface area (Å²) in [5.41, 5.74) is 3.15. The molecule has 9 heteroatoms. The van der Waals surface area contributed by atoms with Gasteiger partial charge in [-0.3, -0.25) is 9.59 Å². The van der Waals surface area contributed by atoms with Gasteiger partial charge in [0.25, 0.3) is 5.56 Å². The Morgan fingerprint density at radius 1 is 1.26 bits per heavy atom. The third-order valence-corrected chi connectivity index (χ3v) is 5.05. The van der Waals surface area contributed by atoms with E-state index < -0.39 is 0 Å². The lowest BCUT2D eigenvalue weighted by atomic mass is 9.85. The van der Waals surface area contributed by atoms with Gasteiger partial charge in [0, 0.05) is 24.0 Å². The average Bonchev–Trinajstić information content (AvgIpc) is 3.08. The van der Waals surface area contributed by atoms with E-state index in [2.05, 4.69) is 27.2 Å². The first-order valence-corrected chi connectivity index (χ1v) is 9.78. The van der Waals surface area contributed by atoms with Crippen LogP contribution in [0.5, 0.6) is 11.5 Å². The number of nitrogens with zero attached hydrogens (tertiary/aromatic N) is 3. The highest BCUT2D eigenvalue weighted by Gasteiger charge is 2.33. The number of methoxy groups -OCH3 is 1. The van der Waals surface area contributed by atoms with Gasteiger partial charge < -0.3 is 14.8 Å². The smallest absolute Gasteiger partial charge is 0.264 e. The van der Waals surface area contributed by atoms with Crippen molar-refractivity contribution in [1.29, 1.82) is 0 Å². The highest BCUT2D eigenvalue weighted by atomic mass is 16.5. The largest absolute Gasteiger partial charge is 0.493 e. The number of aromatic amines is 1. The number of anilines is 1. The minimum absolute atomic E-state index is 0.135. The molecule has 1 aliphatic heterocycles. The van der Waals surface area contributed by atoms with E-state index in [-0.39, 0.29) is 23.8 Å². The molecule has 0 radical (unpaired) electrons. The maximum absolute atomic E-state index is 12.6. The van der Waals surface area contributed by atoms with Crippen LogP contribution < -0.4 is 20.3 Å². The molecule has 3 heterocycles. The van der Waals surface area contributed by atoms with Crippen molar-refractivity contribution in [2.45, 2.75) is 26.2 Å². The molecular weight excluding hydrogens is 398 g/mol. The van der Waals surface area contributed by atoms with E-state index in [1.807, 2.05) is 32.0 Å². The maximum Gasteiger partial charge on any atom is 0.264 e. The quantitative estimate of drug-likeness (QED) is 0.592. The average molecular weight is 421 g/mol. The van der Waals surface area contributed by atoms with E-state index in [1.54, 1.807) is 13.2 Å². The highest BCUT2D eigenvalue weighted by Crippen LogP contribution is 2.42. The molecule has 0 aliphatic carbocycles. The van der Waals surface area contributed by atoms with Gasteiger partial charge in [0.1, 0.15) is 12.4 Å². The summed E-state index contributed by atoms with van der Waals surface area (Å²) in [6.45, 7) is 8.01. The summed E-state index contributed by atoms with van der Waals surface area (Å²) in [4.78, 5) is 23.9. The topological polar surface area (TPSA) is 111 Å². The molecule has 1 aliphatic rings. The van der Waals surface area contributed by atoms with Crippen LogP contribution in [-0.2, 0) is 4.79 Å². The summed E-state index contributed by atoms with van der Waals surface area (Å²) in [5, 5.41) is 13.9. The molecular formula is C22H23N5O4. The Balaban J connectivity index is 1.77. The molecule has 0 spiro atoms. The Bertz CT molecular complexity index is 1210. The minimum Gasteiger partial charge on any atom is -0.493 e. The molecule has 1 amide bonds. The molecule has 2 N–H and O–H groups in total. The number of rotatable bonds is 6. The van der Waals surface area contributed by atoms with Crippen molar-refractivity contribution < 1.29 is 14.3 Å². The maximum atomic E-state index is 12.6. The molecule has 1 atom stereocenters. The molecule has 31 heavy (non-hydrogen) atoms. The molecule has 0 saturated carbocycles. The molecule has 1 aromatic carbocycles. The number of hydrogen-bond acceptors (Lipinski definition) is 6. The molecule has 3 aromatic rings. The summed E-state index contributed by atoms with van der Waals surface area (Å²) in [7, 11) is 1.58. The second-order valence-corrected chi connectivity index (χ2v) is 7.50. The molecule has 9 nitrogen and oxygen atoms in total. The van der Waals surface area contributed by atoms with E-state index in [4.69, 9.17) is 9.47 Å². The lowest BCUT2D eigenvalue weighted by molar-refractivity contribution is -0.116. The van der Waals surface area contributed by atoms with Crippen LogP contribution in [0.25, 0.3) is 5.82 Å². The fourth-order valence-electron chi connectivity index (χ4n) is 3.67. The van der Waals surface area contributed by atoms with Crippen molar-refractivity contribution in [1.82, 2.24) is 20.0 Å². The Labute approximate surface area is 178 Å². The van der Waals surface area contributed by atoms with Crippen LogP contribution in [0.1, 0.15) is 36.1 Å². The summed E-state index contributed by atoms with van der Waals surface area (Å²) in [5.74, 6) is 1.79. The minimum atomic E-state index is -0.315. The SMILES string of the molecule is C=C(C)COc1ccc([C@@H]2CC(=O)Nc3c2c(C)nn3-c2ccc(=O)[nH]n2)cc1OC. The second kappa shape index (κ2) is 8.10. The van der Waals surface area contributed by atoms with E-state index in [0.717, 1.165) is 22.4 Å². The van der Waals surface area contributed by atoms with Crippen LogP contribution in [0.3, 0.4) is 0 Å². The number of aryl methyl sites for hydroxylation is 1. The Hall–Kier alpha value is -3.88. The van der Waals surface area contributed by atoms with Gasteiger partial charge in [-0.1, -0.05) is 12.6 Å². The number of aromatic nitrogens is 4. The van der Waals surface area contributed by atoms with E-state index in [0.29, 0.717) is 29.7 Å². The lowest BCUT2D eigenvalue weighted by Gasteiger charge is -2.25. The first-order valence-electron chi connectivity index (χ1n) is 9.78. The van der Waals surface area contributed by atoms with Gasteiger partial charge in [-0.15, -0.1) is 0 Å². The fraction of sp³-hybridized carbons (Fsp3) is 0.273. The Kier molecular flexibility index (Phi) is 5.33. The van der Waals surface area contributed by atoms with Gasteiger partial charge in [0.15, 0.2) is 17.3 Å². The molecule has 0 unspecified atom stereocenters. The zero-order valence-corrected chi connectivity index (χ0v) is 17.6. The number of ether oxygens (including phenoxy) is 2. The normalized spacial score (nSPS) is 15.2. The summed E-state index contributed by atoms with van der Waals surface area (Å²) in [6.07, 6.45) is 0.272. The molecule has 0 bridgehead atoms. The van der Waals surface area contributed by atoms with Crippen LogP contribution in [-0.4, -0.2) is 39.6 Å². The molecule has 2 aromatic heterocycles. The Morgan fingerprint density at radius 2 is 2.06 bits per heavy atom. The summed E-state index contributed by atoms with van der Waals surface area (Å²) < 4.78 is 12.8. The highest BCUT2D eigenvalue weighted by molar-refractivity contribution is 5.95. The third-order valence-electron chi connectivity index (χ3n) is 5.05. The van der Waals surface area contributed by atoms with Crippen molar-refractivity contribution in [3.8, 4) is 17.3 Å². The predicted octanol–water partition coefficient (Wildman–Crippen LogP) is 2.70. The van der Waals surface area contributed by atoms with Gasteiger partial charge in [-0.05, 0) is 43.2 Å². The van der Waals surface area contributed by atoms with Gasteiger partial charge in [0.2, 0.25) is 5.91 Å². The van der Waals surface area contributed by atoms with Crippen molar-refractivity contribution in [2.24, 2.45) is 0 Å². The van der Waals surface area contributed by atoms with Crippen molar-refractivity contribution in [2.75, 3.05) is 19.0 Å². The van der Waals surface area contributed by atoms with Gasteiger partial charge in [-0.25, -0.2) is 5.10 Å². The van der Waals surface area contributed by atoms with Crippen LogP contribution >= 0.6 is 0 Å². The van der Waals surface area contributed by atoms with Gasteiger partial charge in [0.05, 0.1) is 12.8 Å². The van der Waals surface area contributed by atoms with Crippen LogP contribution in [0.15, 0.2) is 47.3 Å². The van der Waals surface area contributed by atoms with Gasteiger partial charge >= 0.3 is 0 Å². The molecule has 0 saturated heterocycles. The van der Waals surface area contributed by atoms with E-state index in [9.17, 15) is 9.59 Å². The summed E-state index contributed by atoms with van der Waals surface area (Å²) >= 11 is 0. The number of amides is 1. The molecule has 160 valence electrons. The van der Waals surface area contributed by atoms with Crippen LogP contribution in [0, 0.1) is 6.92 Å². The standard InChI is InChI=1S/C22H23N5O4/c1-12(2)11-31-16-6-5-14(9-17(16)30-4)15-10-20(29)23-22-21(15)13(3)26-27(22)18-7-8-19(28)25-24-18/h5-9,15H,1,10-11H2,2-4H3,(H,23,29)(H,25,28)/t15-/m0/s1. The zero-order valence-electron chi connectivity index (χ0n) is 17.6. The first-order chi connectivity index (χ1) is 14.9. The number of H-pyrrole nitrogens is 1. The monoisotopic (exact) mass is 421 g/mol. The molecule has 4 rings (SSSR count). The molecule has 0 fully saturated rings. The first kappa shape index (κ1) is 20.4. The van der Waals surface area contributed by atoms with Crippen molar-refractivity contribution in [3.63, 3.8) is 0 Å². The number of hydrogen-bond donors (Lipinski definition) is 2. The number of benzene rings is 1. The zero-order chi connectivity index (χ0) is 22.1. The fourth-order valence-corrected chi connectivity index (χ4v) is 3.67. The second-order valence-electron chi connectivity index (χ2n) is 7.50. The van der Waals surface area contributed by atoms with Crippen LogP contribution in [0.2, 0.25) is 0 Å². The third kappa shape index (κ3) is 3.94. The number of carbonyl (C=O) groups excluding carboxylic acids is 1. The predicted molar refractivity (Wildman–Crippen MR) is 115 cm³/mol. The van der Waals surface area contributed by atoms with E-state index in [1.165, 1.54) is 10.7 Å². The number of nitrogens with one attached hydrogen (secondary N) is 2. The van der Waals surface area contributed by atoms with Crippen LogP contribution in [0.4, 0.5) is 5.82 Å². The lowest BCUT2D eigenvalue weighted by Crippen LogP contribution is -2.25. The van der Waals surface area contributed by atoms with Gasteiger partial charge in [-0.2, -0.15) is 14.9 Å². The Morgan fingerprint density at radius 3 is 2.74 bits per heavy atom. The number of carbonyl (C=O) groups is 1.